The van der Waals surface area contributed by atoms with Crippen molar-refractivity contribution in [3.8, 4) is 5.75 Å². The van der Waals surface area contributed by atoms with E-state index in [9.17, 15) is 9.90 Å². The van der Waals surface area contributed by atoms with Crippen LogP contribution in [0.25, 0.3) is 0 Å². The molecule has 0 aliphatic rings. The topological polar surface area (TPSA) is 62.2 Å². The van der Waals surface area contributed by atoms with E-state index in [1.165, 1.54) is 13.1 Å². The molecule has 4 heteroatoms. The highest BCUT2D eigenvalue weighted by Crippen LogP contribution is 2.17. The maximum Gasteiger partial charge on any atom is 0.217 e. The van der Waals surface area contributed by atoms with Gasteiger partial charge in [-0.3, -0.25) is 9.78 Å². The highest BCUT2D eigenvalue weighted by molar-refractivity contribution is 5.73. The quantitative estimate of drug-likeness (QED) is 0.897. The molecular formula is C16H18N2O2. The van der Waals surface area contributed by atoms with E-state index in [2.05, 4.69) is 10.3 Å². The Balaban J connectivity index is 2.06. The average molecular weight is 270 g/mol. The third-order valence-electron chi connectivity index (χ3n) is 3.09. The van der Waals surface area contributed by atoms with Gasteiger partial charge in [0.25, 0.3) is 0 Å². The first-order chi connectivity index (χ1) is 9.54. The van der Waals surface area contributed by atoms with Crippen LogP contribution in [0.15, 0.2) is 42.7 Å². The second-order valence-corrected chi connectivity index (χ2v) is 4.89. The van der Waals surface area contributed by atoms with Gasteiger partial charge in [-0.15, -0.1) is 0 Å². The fourth-order valence-electron chi connectivity index (χ4n) is 2.12. The van der Waals surface area contributed by atoms with Crippen LogP contribution in [-0.2, 0) is 11.2 Å². The van der Waals surface area contributed by atoms with Gasteiger partial charge in [-0.25, -0.2) is 0 Å². The van der Waals surface area contributed by atoms with E-state index in [4.69, 9.17) is 0 Å². The van der Waals surface area contributed by atoms with E-state index >= 15 is 0 Å². The van der Waals surface area contributed by atoms with Crippen molar-refractivity contribution in [1.29, 1.82) is 0 Å². The average Bonchev–Trinajstić information content (AvgIpc) is 2.38. The largest absolute Gasteiger partial charge is 0.506 e. The third kappa shape index (κ3) is 3.82. The molecule has 0 fully saturated rings. The summed E-state index contributed by atoms with van der Waals surface area (Å²) in [5, 5.41) is 12.2. The van der Waals surface area contributed by atoms with Crippen molar-refractivity contribution < 1.29 is 9.90 Å². The summed E-state index contributed by atoms with van der Waals surface area (Å²) in [4.78, 5) is 15.0. The lowest BCUT2D eigenvalue weighted by Crippen LogP contribution is -2.23. The second-order valence-electron chi connectivity index (χ2n) is 4.89. The van der Waals surface area contributed by atoms with E-state index in [0.717, 1.165) is 23.1 Å². The highest BCUT2D eigenvalue weighted by atomic mass is 16.3. The number of hydrogen-bond acceptors (Lipinski definition) is 3. The van der Waals surface area contributed by atoms with E-state index in [1.54, 1.807) is 12.3 Å². The van der Waals surface area contributed by atoms with Crippen LogP contribution in [0.4, 0.5) is 0 Å². The molecule has 1 heterocycles. The number of nitrogens with zero attached hydrogens (tertiary/aromatic N) is 1. The van der Waals surface area contributed by atoms with E-state index in [1.807, 2.05) is 31.2 Å². The Kier molecular flexibility index (Phi) is 4.35. The van der Waals surface area contributed by atoms with Crippen LogP contribution in [0.2, 0.25) is 0 Å². The van der Waals surface area contributed by atoms with Crippen LogP contribution in [0, 0.1) is 0 Å². The van der Waals surface area contributed by atoms with Crippen molar-refractivity contribution in [3.05, 3.63) is 59.4 Å². The number of amides is 1. The molecule has 1 amide bonds. The summed E-state index contributed by atoms with van der Waals surface area (Å²) in [7, 11) is 0. The minimum absolute atomic E-state index is 0.00369. The van der Waals surface area contributed by atoms with Gasteiger partial charge in [0.15, 0.2) is 0 Å². The minimum Gasteiger partial charge on any atom is -0.506 e. The molecule has 2 aromatic rings. The summed E-state index contributed by atoms with van der Waals surface area (Å²) in [6.45, 7) is 3.47. The fraction of sp³-hybridized carbons (Fsp3) is 0.250. The molecular weight excluding hydrogens is 252 g/mol. The van der Waals surface area contributed by atoms with Gasteiger partial charge in [-0.05, 0) is 36.1 Å². The van der Waals surface area contributed by atoms with Crippen LogP contribution in [-0.4, -0.2) is 16.0 Å². The molecule has 0 saturated heterocycles. The normalized spacial score (nSPS) is 11.9. The second kappa shape index (κ2) is 6.19. The van der Waals surface area contributed by atoms with E-state index in [0.29, 0.717) is 0 Å². The van der Waals surface area contributed by atoms with Crippen LogP contribution < -0.4 is 5.32 Å². The number of carbonyl (C=O) groups excluding carboxylic acids is 1. The Morgan fingerprint density at radius 2 is 1.95 bits per heavy atom. The number of nitrogens with one attached hydrogen (secondary N) is 1. The zero-order valence-corrected chi connectivity index (χ0v) is 11.6. The van der Waals surface area contributed by atoms with Gasteiger partial charge in [0, 0.05) is 13.1 Å². The number of rotatable bonds is 4. The first-order valence-electron chi connectivity index (χ1n) is 6.53. The molecule has 0 aliphatic heterocycles. The fourth-order valence-corrected chi connectivity index (χ4v) is 2.12. The zero-order chi connectivity index (χ0) is 14.5. The molecule has 20 heavy (non-hydrogen) atoms. The molecule has 0 saturated carbocycles. The molecule has 0 radical (unpaired) electrons. The van der Waals surface area contributed by atoms with Gasteiger partial charge < -0.3 is 10.4 Å². The minimum atomic E-state index is -0.0348. The summed E-state index contributed by atoms with van der Waals surface area (Å²) in [6.07, 6.45) is 3.88. The van der Waals surface area contributed by atoms with E-state index in [-0.39, 0.29) is 17.7 Å². The Bertz CT molecular complexity index is 594. The first kappa shape index (κ1) is 14.1. The molecule has 104 valence electrons. The molecule has 1 aromatic heterocycles. The Hall–Kier alpha value is -2.36. The maximum atomic E-state index is 11.0. The van der Waals surface area contributed by atoms with Gasteiger partial charge in [-0.1, -0.05) is 24.3 Å². The molecule has 2 N–H and O–H groups in total. The first-order valence-corrected chi connectivity index (χ1v) is 6.53. The monoisotopic (exact) mass is 270 g/mol. The molecule has 1 aromatic carbocycles. The Morgan fingerprint density at radius 1 is 1.25 bits per heavy atom. The predicted octanol–water partition coefficient (Wildman–Crippen LogP) is 2.58. The zero-order valence-electron chi connectivity index (χ0n) is 11.6. The third-order valence-corrected chi connectivity index (χ3v) is 3.09. The van der Waals surface area contributed by atoms with Crippen molar-refractivity contribution in [2.75, 3.05) is 0 Å². The van der Waals surface area contributed by atoms with Crippen LogP contribution in [0.5, 0.6) is 5.75 Å². The van der Waals surface area contributed by atoms with Crippen LogP contribution in [0.3, 0.4) is 0 Å². The molecule has 0 spiro atoms. The standard InChI is InChI=1S/C16H18N2O2/c1-11(18-12(2)19)15-5-3-13(4-6-15)7-14-8-16(20)10-17-9-14/h3-6,8-11,20H,7H2,1-2H3,(H,18,19). The van der Waals surface area contributed by atoms with Crippen LogP contribution >= 0.6 is 0 Å². The number of aromatic nitrogens is 1. The van der Waals surface area contributed by atoms with Crippen molar-refractivity contribution in [3.63, 3.8) is 0 Å². The molecule has 0 aliphatic carbocycles. The molecule has 0 bridgehead atoms. The van der Waals surface area contributed by atoms with Gasteiger partial charge in [0.05, 0.1) is 12.2 Å². The number of aromatic hydroxyl groups is 1. The van der Waals surface area contributed by atoms with Gasteiger partial charge in [-0.2, -0.15) is 0 Å². The van der Waals surface area contributed by atoms with Gasteiger partial charge in [0.1, 0.15) is 5.75 Å². The Labute approximate surface area is 118 Å². The molecule has 1 unspecified atom stereocenters. The summed E-state index contributed by atoms with van der Waals surface area (Å²) in [5.74, 6) is 0.144. The molecule has 4 nitrogen and oxygen atoms in total. The number of pyridine rings is 1. The number of carbonyl (C=O) groups is 1. The lowest BCUT2D eigenvalue weighted by atomic mass is 10.0. The highest BCUT2D eigenvalue weighted by Gasteiger charge is 2.06. The Morgan fingerprint density at radius 3 is 2.55 bits per heavy atom. The SMILES string of the molecule is CC(=O)NC(C)c1ccc(Cc2cncc(O)c2)cc1. The summed E-state index contributed by atoms with van der Waals surface area (Å²) in [6, 6.07) is 9.78. The van der Waals surface area contributed by atoms with Gasteiger partial charge in [0.2, 0.25) is 5.91 Å². The predicted molar refractivity (Wildman–Crippen MR) is 77.4 cm³/mol. The lowest BCUT2D eigenvalue weighted by Gasteiger charge is -2.13. The van der Waals surface area contributed by atoms with Crippen molar-refractivity contribution in [2.24, 2.45) is 0 Å². The smallest absolute Gasteiger partial charge is 0.217 e. The van der Waals surface area contributed by atoms with Crippen molar-refractivity contribution in [2.45, 2.75) is 26.3 Å². The maximum absolute atomic E-state index is 11.0. The van der Waals surface area contributed by atoms with Crippen molar-refractivity contribution >= 4 is 5.91 Å². The number of hydrogen-bond donors (Lipinski definition) is 2. The van der Waals surface area contributed by atoms with Gasteiger partial charge >= 0.3 is 0 Å². The van der Waals surface area contributed by atoms with Crippen molar-refractivity contribution in [1.82, 2.24) is 10.3 Å². The molecule has 2 rings (SSSR count). The summed E-state index contributed by atoms with van der Waals surface area (Å²) >= 11 is 0. The summed E-state index contributed by atoms with van der Waals surface area (Å²) in [5.41, 5.74) is 3.17. The van der Waals surface area contributed by atoms with E-state index < -0.39 is 0 Å². The number of benzene rings is 1. The lowest BCUT2D eigenvalue weighted by molar-refractivity contribution is -0.119. The summed E-state index contributed by atoms with van der Waals surface area (Å²) < 4.78 is 0. The van der Waals surface area contributed by atoms with Crippen LogP contribution in [0.1, 0.15) is 36.6 Å². The molecule has 1 atom stereocenters.